The third-order valence-corrected chi connectivity index (χ3v) is 6.47. The molecule has 0 amide bonds. The smallest absolute Gasteiger partial charge is 0.303 e. The second-order valence-corrected chi connectivity index (χ2v) is 9.29. The molecule has 0 radical (unpaired) electrons. The Hall–Kier alpha value is -4.60. The number of hydrogen-bond donors (Lipinski definition) is 2. The average Bonchev–Trinajstić information content (AvgIpc) is 2.96. The first-order chi connectivity index (χ1) is 19.0. The summed E-state index contributed by atoms with van der Waals surface area (Å²) < 4.78 is 12.4. The predicted molar refractivity (Wildman–Crippen MR) is 151 cm³/mol. The number of carbonyl (C=O) groups is 1. The molecule has 4 aromatic rings. The van der Waals surface area contributed by atoms with Gasteiger partial charge in [0.15, 0.2) is 0 Å². The summed E-state index contributed by atoms with van der Waals surface area (Å²) in [4.78, 5) is 10.8. The zero-order chi connectivity index (χ0) is 27.5. The first-order valence-electron chi connectivity index (χ1n) is 13.0. The van der Waals surface area contributed by atoms with Crippen LogP contribution in [-0.2, 0) is 24.6 Å². The SMILES string of the molecule is Cc1c(COc2ccc(CNCCCC(=O)O)c(OCc3cccc(C#N)c3)c2)cccc1-c1ccccc1. The van der Waals surface area contributed by atoms with Crippen molar-refractivity contribution in [2.75, 3.05) is 6.54 Å². The van der Waals surface area contributed by atoms with Gasteiger partial charge in [-0.25, -0.2) is 0 Å². The van der Waals surface area contributed by atoms with Gasteiger partial charge in [-0.05, 0) is 65.9 Å². The van der Waals surface area contributed by atoms with Crippen molar-refractivity contribution in [3.8, 4) is 28.7 Å². The highest BCUT2D eigenvalue weighted by molar-refractivity contribution is 5.68. The van der Waals surface area contributed by atoms with Gasteiger partial charge in [-0.15, -0.1) is 0 Å². The molecular formula is C33H32N2O4. The van der Waals surface area contributed by atoms with Crippen molar-refractivity contribution in [2.45, 2.75) is 39.5 Å². The highest BCUT2D eigenvalue weighted by Crippen LogP contribution is 2.29. The van der Waals surface area contributed by atoms with Crippen molar-refractivity contribution < 1.29 is 19.4 Å². The van der Waals surface area contributed by atoms with Crippen LogP contribution >= 0.6 is 0 Å². The molecular weight excluding hydrogens is 488 g/mol. The van der Waals surface area contributed by atoms with Gasteiger partial charge in [0.05, 0.1) is 11.6 Å². The van der Waals surface area contributed by atoms with E-state index in [1.54, 1.807) is 6.07 Å². The van der Waals surface area contributed by atoms with Crippen molar-refractivity contribution >= 4 is 5.97 Å². The van der Waals surface area contributed by atoms with Crippen LogP contribution in [0.3, 0.4) is 0 Å². The highest BCUT2D eigenvalue weighted by Gasteiger charge is 2.10. The van der Waals surface area contributed by atoms with E-state index in [0.29, 0.717) is 49.8 Å². The summed E-state index contributed by atoms with van der Waals surface area (Å²) in [6.45, 7) is 3.97. The monoisotopic (exact) mass is 520 g/mol. The summed E-state index contributed by atoms with van der Waals surface area (Å²) in [6, 6.07) is 31.8. The molecule has 0 unspecified atom stereocenters. The fourth-order valence-electron chi connectivity index (χ4n) is 4.32. The minimum atomic E-state index is -0.800. The largest absolute Gasteiger partial charge is 0.489 e. The summed E-state index contributed by atoms with van der Waals surface area (Å²) in [5, 5.41) is 21.4. The maximum absolute atomic E-state index is 10.8. The lowest BCUT2D eigenvalue weighted by Crippen LogP contribution is -2.16. The molecule has 0 aliphatic heterocycles. The molecule has 198 valence electrons. The number of ether oxygens (including phenoxy) is 2. The number of aliphatic carboxylic acids is 1. The number of carboxylic acid groups (broad SMARTS) is 1. The van der Waals surface area contributed by atoms with Gasteiger partial charge in [0.1, 0.15) is 24.7 Å². The lowest BCUT2D eigenvalue weighted by atomic mass is 9.97. The van der Waals surface area contributed by atoms with Crippen molar-refractivity contribution in [1.82, 2.24) is 5.32 Å². The van der Waals surface area contributed by atoms with E-state index >= 15 is 0 Å². The minimum absolute atomic E-state index is 0.128. The number of benzene rings is 4. The standard InChI is InChI=1S/C33H32N2O4/c1-24-29(12-6-13-31(24)27-10-3-2-4-11-27)23-38-30-16-15-28(21-35-17-7-14-33(36)37)32(19-30)39-22-26-9-5-8-25(18-26)20-34/h2-6,8-13,15-16,18-19,35H,7,14,17,21-23H2,1H3,(H,36,37). The summed E-state index contributed by atoms with van der Waals surface area (Å²) in [5.41, 5.74) is 7.07. The number of nitriles is 1. The van der Waals surface area contributed by atoms with Crippen molar-refractivity contribution in [1.29, 1.82) is 5.26 Å². The molecule has 2 N–H and O–H groups in total. The van der Waals surface area contributed by atoms with E-state index in [2.05, 4.69) is 48.6 Å². The Bertz CT molecular complexity index is 1440. The van der Waals surface area contributed by atoms with Crippen LogP contribution in [0.1, 0.15) is 40.7 Å². The van der Waals surface area contributed by atoms with Gasteiger partial charge in [-0.1, -0.05) is 66.7 Å². The molecule has 0 saturated carbocycles. The molecule has 0 aliphatic rings. The second-order valence-electron chi connectivity index (χ2n) is 9.29. The summed E-state index contributed by atoms with van der Waals surface area (Å²) in [6.07, 6.45) is 0.679. The van der Waals surface area contributed by atoms with Gasteiger partial charge in [-0.3, -0.25) is 4.79 Å². The fraction of sp³-hybridized carbons (Fsp3) is 0.212. The Labute approximate surface area is 229 Å². The van der Waals surface area contributed by atoms with Crippen LogP contribution in [0.2, 0.25) is 0 Å². The van der Waals surface area contributed by atoms with Gasteiger partial charge >= 0.3 is 5.97 Å². The molecule has 6 nitrogen and oxygen atoms in total. The molecule has 0 bridgehead atoms. The molecule has 4 aromatic carbocycles. The molecule has 0 atom stereocenters. The van der Waals surface area contributed by atoms with E-state index in [4.69, 9.17) is 14.6 Å². The summed E-state index contributed by atoms with van der Waals surface area (Å²) in [7, 11) is 0. The molecule has 0 aromatic heterocycles. The lowest BCUT2D eigenvalue weighted by molar-refractivity contribution is -0.137. The zero-order valence-electron chi connectivity index (χ0n) is 22.0. The summed E-state index contributed by atoms with van der Waals surface area (Å²) in [5.74, 6) is 0.566. The van der Waals surface area contributed by atoms with E-state index in [1.165, 1.54) is 16.7 Å². The van der Waals surface area contributed by atoms with Crippen LogP contribution in [0.25, 0.3) is 11.1 Å². The Balaban J connectivity index is 1.48. The van der Waals surface area contributed by atoms with Crippen LogP contribution in [0, 0.1) is 18.3 Å². The molecule has 39 heavy (non-hydrogen) atoms. The molecule has 6 heteroatoms. The predicted octanol–water partition coefficient (Wildman–Crippen LogP) is 6.65. The lowest BCUT2D eigenvalue weighted by Gasteiger charge is -2.16. The molecule has 0 saturated heterocycles. The zero-order valence-corrected chi connectivity index (χ0v) is 22.0. The number of rotatable bonds is 13. The number of carboxylic acids is 1. The maximum Gasteiger partial charge on any atom is 0.303 e. The van der Waals surface area contributed by atoms with E-state index in [-0.39, 0.29) is 6.42 Å². The molecule has 0 spiro atoms. The van der Waals surface area contributed by atoms with Gasteiger partial charge in [-0.2, -0.15) is 5.26 Å². The third kappa shape index (κ3) is 7.94. The van der Waals surface area contributed by atoms with Gasteiger partial charge in [0.25, 0.3) is 0 Å². The Morgan fingerprint density at radius 1 is 0.897 bits per heavy atom. The van der Waals surface area contributed by atoms with Crippen LogP contribution in [0.15, 0.2) is 91.0 Å². The normalized spacial score (nSPS) is 10.6. The minimum Gasteiger partial charge on any atom is -0.489 e. The van der Waals surface area contributed by atoms with Gasteiger partial charge in [0, 0.05) is 24.6 Å². The van der Waals surface area contributed by atoms with E-state index in [1.807, 2.05) is 54.6 Å². The maximum atomic E-state index is 10.8. The molecule has 0 fully saturated rings. The highest BCUT2D eigenvalue weighted by atomic mass is 16.5. The number of nitrogens with zero attached hydrogens (tertiary/aromatic N) is 1. The topological polar surface area (TPSA) is 91.6 Å². The van der Waals surface area contributed by atoms with Crippen LogP contribution in [0.4, 0.5) is 0 Å². The summed E-state index contributed by atoms with van der Waals surface area (Å²) >= 11 is 0. The Morgan fingerprint density at radius 3 is 2.51 bits per heavy atom. The first kappa shape index (κ1) is 27.4. The number of nitrogens with one attached hydrogen (secondary N) is 1. The first-order valence-corrected chi connectivity index (χ1v) is 13.0. The molecule has 0 heterocycles. The van der Waals surface area contributed by atoms with Crippen LogP contribution < -0.4 is 14.8 Å². The van der Waals surface area contributed by atoms with Crippen molar-refractivity contribution in [2.24, 2.45) is 0 Å². The van der Waals surface area contributed by atoms with Gasteiger partial charge in [0.2, 0.25) is 0 Å². The second kappa shape index (κ2) is 13.8. The van der Waals surface area contributed by atoms with Crippen LogP contribution in [-0.4, -0.2) is 17.6 Å². The van der Waals surface area contributed by atoms with Crippen LogP contribution in [0.5, 0.6) is 11.5 Å². The van der Waals surface area contributed by atoms with Crippen molar-refractivity contribution in [3.63, 3.8) is 0 Å². The van der Waals surface area contributed by atoms with Gasteiger partial charge < -0.3 is 19.9 Å². The van der Waals surface area contributed by atoms with Crippen molar-refractivity contribution in [3.05, 3.63) is 119 Å². The average molecular weight is 521 g/mol. The van der Waals surface area contributed by atoms with E-state index in [9.17, 15) is 10.1 Å². The molecule has 0 aliphatic carbocycles. The number of hydrogen-bond acceptors (Lipinski definition) is 5. The fourth-order valence-corrected chi connectivity index (χ4v) is 4.32. The third-order valence-electron chi connectivity index (χ3n) is 6.47. The Kier molecular flexibility index (Phi) is 9.71. The molecule has 4 rings (SSSR count). The van der Waals surface area contributed by atoms with E-state index < -0.39 is 5.97 Å². The van der Waals surface area contributed by atoms with E-state index in [0.717, 1.165) is 16.7 Å². The quantitative estimate of drug-likeness (QED) is 0.192. The Morgan fingerprint density at radius 2 is 1.72 bits per heavy atom.